The molecule has 0 bridgehead atoms. The topological polar surface area (TPSA) is 78.5 Å². The number of benzene rings is 2. The molecule has 0 radical (unpaired) electrons. The molecule has 6 nitrogen and oxygen atoms in total. The summed E-state index contributed by atoms with van der Waals surface area (Å²) in [5, 5.41) is 7.56. The van der Waals surface area contributed by atoms with E-state index in [-0.39, 0.29) is 12.5 Å². The van der Waals surface area contributed by atoms with Crippen LogP contribution >= 0.6 is 11.3 Å². The second-order valence-corrected chi connectivity index (χ2v) is 8.14. The van der Waals surface area contributed by atoms with E-state index < -0.39 is 17.5 Å². The van der Waals surface area contributed by atoms with E-state index in [1.807, 2.05) is 78.2 Å². The maximum atomic E-state index is 13.5. The van der Waals surface area contributed by atoms with Crippen LogP contribution in [0, 0.1) is 0 Å². The molecule has 1 fully saturated rings. The standard InChI is InChI=1S/C23H21N3O3S/c27-20(24-15-19-12-7-13-30-19)16-26-21(28)23(25-22(26)29,18-10-5-2-6-11-18)14-17-8-3-1-4-9-17/h1-13H,14-16H2,(H,24,27)(H,25,29). The molecular weight excluding hydrogens is 398 g/mol. The number of imide groups is 1. The van der Waals surface area contributed by atoms with Crippen molar-refractivity contribution in [3.05, 3.63) is 94.2 Å². The number of amides is 4. The molecule has 1 aromatic heterocycles. The van der Waals surface area contributed by atoms with E-state index in [0.717, 1.165) is 15.3 Å². The minimum atomic E-state index is -1.24. The van der Waals surface area contributed by atoms with Crippen LogP contribution in [0.15, 0.2) is 78.2 Å². The van der Waals surface area contributed by atoms with E-state index in [0.29, 0.717) is 18.5 Å². The SMILES string of the molecule is O=C(CN1C(=O)NC(Cc2ccccc2)(c2ccccc2)C1=O)NCc1cccs1. The first-order valence-corrected chi connectivity index (χ1v) is 10.5. The van der Waals surface area contributed by atoms with Gasteiger partial charge in [-0.05, 0) is 22.6 Å². The highest BCUT2D eigenvalue weighted by molar-refractivity contribution is 7.09. The smallest absolute Gasteiger partial charge is 0.325 e. The molecule has 7 heteroatoms. The molecule has 4 amide bonds. The number of carbonyl (C=O) groups is 3. The van der Waals surface area contributed by atoms with Gasteiger partial charge in [-0.1, -0.05) is 66.7 Å². The maximum absolute atomic E-state index is 13.5. The van der Waals surface area contributed by atoms with Crippen LogP contribution in [0.25, 0.3) is 0 Å². The third-order valence-electron chi connectivity index (χ3n) is 5.10. The molecule has 0 saturated carbocycles. The molecule has 3 aromatic rings. The van der Waals surface area contributed by atoms with Crippen molar-refractivity contribution in [3.8, 4) is 0 Å². The third kappa shape index (κ3) is 3.97. The summed E-state index contributed by atoms with van der Waals surface area (Å²) in [7, 11) is 0. The van der Waals surface area contributed by atoms with Crippen LogP contribution in [-0.4, -0.2) is 29.3 Å². The number of carbonyl (C=O) groups excluding carboxylic acids is 3. The zero-order valence-electron chi connectivity index (χ0n) is 16.2. The molecule has 1 aliphatic heterocycles. The zero-order valence-corrected chi connectivity index (χ0v) is 17.0. The lowest BCUT2D eigenvalue weighted by Crippen LogP contribution is -2.46. The fourth-order valence-electron chi connectivity index (χ4n) is 3.61. The van der Waals surface area contributed by atoms with Gasteiger partial charge in [0.05, 0.1) is 6.54 Å². The van der Waals surface area contributed by atoms with Gasteiger partial charge in [-0.25, -0.2) is 4.79 Å². The van der Waals surface area contributed by atoms with E-state index in [1.54, 1.807) is 0 Å². The van der Waals surface area contributed by atoms with E-state index in [1.165, 1.54) is 11.3 Å². The Morgan fingerprint density at radius 2 is 1.67 bits per heavy atom. The molecule has 152 valence electrons. The van der Waals surface area contributed by atoms with Crippen LogP contribution in [0.1, 0.15) is 16.0 Å². The van der Waals surface area contributed by atoms with Crippen molar-refractivity contribution < 1.29 is 14.4 Å². The Balaban J connectivity index is 1.56. The first kappa shape index (κ1) is 19.8. The van der Waals surface area contributed by atoms with Gasteiger partial charge in [0.2, 0.25) is 5.91 Å². The monoisotopic (exact) mass is 419 g/mol. The molecule has 2 heterocycles. The average Bonchev–Trinajstić information content (AvgIpc) is 3.37. The summed E-state index contributed by atoms with van der Waals surface area (Å²) in [6, 6.07) is 21.9. The largest absolute Gasteiger partial charge is 0.350 e. The Kier molecular flexibility index (Phi) is 5.63. The van der Waals surface area contributed by atoms with Crippen LogP contribution in [-0.2, 0) is 28.1 Å². The van der Waals surface area contributed by atoms with Crippen LogP contribution in [0.3, 0.4) is 0 Å². The lowest BCUT2D eigenvalue weighted by Gasteiger charge is -2.27. The number of hydrogen-bond donors (Lipinski definition) is 2. The van der Waals surface area contributed by atoms with Crippen molar-refractivity contribution in [3.63, 3.8) is 0 Å². The van der Waals surface area contributed by atoms with Gasteiger partial charge in [0.1, 0.15) is 6.54 Å². The predicted molar refractivity (Wildman–Crippen MR) is 115 cm³/mol. The van der Waals surface area contributed by atoms with Crippen LogP contribution in [0.4, 0.5) is 4.79 Å². The van der Waals surface area contributed by atoms with Gasteiger partial charge >= 0.3 is 6.03 Å². The van der Waals surface area contributed by atoms with Crippen molar-refractivity contribution in [1.29, 1.82) is 0 Å². The Bertz CT molecular complexity index is 1040. The van der Waals surface area contributed by atoms with Crippen LogP contribution in [0.2, 0.25) is 0 Å². The van der Waals surface area contributed by atoms with Crippen LogP contribution in [0.5, 0.6) is 0 Å². The number of nitrogens with zero attached hydrogens (tertiary/aromatic N) is 1. The number of urea groups is 1. The average molecular weight is 420 g/mol. The summed E-state index contributed by atoms with van der Waals surface area (Å²) in [4.78, 5) is 40.6. The molecule has 1 saturated heterocycles. The Hall–Kier alpha value is -3.45. The second-order valence-electron chi connectivity index (χ2n) is 7.11. The zero-order chi connectivity index (χ0) is 21.0. The predicted octanol–water partition coefficient (Wildman–Crippen LogP) is 3.05. The summed E-state index contributed by atoms with van der Waals surface area (Å²) in [5.41, 5.74) is 0.362. The van der Waals surface area contributed by atoms with Gasteiger partial charge in [-0.2, -0.15) is 0 Å². The summed E-state index contributed by atoms with van der Waals surface area (Å²) >= 11 is 1.53. The first-order chi connectivity index (χ1) is 14.6. The van der Waals surface area contributed by atoms with Gasteiger partial charge in [0.25, 0.3) is 5.91 Å². The van der Waals surface area contributed by atoms with E-state index in [9.17, 15) is 14.4 Å². The lowest BCUT2D eigenvalue weighted by molar-refractivity contribution is -0.135. The van der Waals surface area contributed by atoms with E-state index in [2.05, 4.69) is 10.6 Å². The van der Waals surface area contributed by atoms with Crippen molar-refractivity contribution in [2.24, 2.45) is 0 Å². The van der Waals surface area contributed by atoms with Crippen molar-refractivity contribution in [2.45, 2.75) is 18.5 Å². The fourth-order valence-corrected chi connectivity index (χ4v) is 4.25. The molecule has 1 aliphatic rings. The van der Waals surface area contributed by atoms with Gasteiger partial charge in [-0.15, -0.1) is 11.3 Å². The van der Waals surface area contributed by atoms with Crippen molar-refractivity contribution in [1.82, 2.24) is 15.5 Å². The molecule has 4 rings (SSSR count). The van der Waals surface area contributed by atoms with Gasteiger partial charge in [0.15, 0.2) is 5.54 Å². The molecule has 0 aliphatic carbocycles. The number of nitrogens with one attached hydrogen (secondary N) is 2. The molecule has 30 heavy (non-hydrogen) atoms. The number of rotatable bonds is 7. The number of thiophene rings is 1. The highest BCUT2D eigenvalue weighted by atomic mass is 32.1. The highest BCUT2D eigenvalue weighted by Crippen LogP contribution is 2.32. The number of hydrogen-bond acceptors (Lipinski definition) is 4. The molecule has 1 atom stereocenters. The summed E-state index contributed by atoms with van der Waals surface area (Å²) < 4.78 is 0. The summed E-state index contributed by atoms with van der Waals surface area (Å²) in [6.45, 7) is 0.0490. The van der Waals surface area contributed by atoms with Gasteiger partial charge < -0.3 is 10.6 Å². The summed E-state index contributed by atoms with van der Waals surface area (Å²) in [6.07, 6.45) is 0.301. The van der Waals surface area contributed by atoms with E-state index in [4.69, 9.17) is 0 Å². The first-order valence-electron chi connectivity index (χ1n) is 9.61. The Labute approximate surface area is 178 Å². The second kappa shape index (κ2) is 8.51. The molecule has 2 aromatic carbocycles. The van der Waals surface area contributed by atoms with Gasteiger partial charge in [-0.3, -0.25) is 14.5 Å². The van der Waals surface area contributed by atoms with E-state index >= 15 is 0 Å². The van der Waals surface area contributed by atoms with Gasteiger partial charge in [0, 0.05) is 11.3 Å². The fraction of sp³-hybridized carbons (Fsp3) is 0.174. The van der Waals surface area contributed by atoms with Crippen molar-refractivity contribution >= 4 is 29.2 Å². The quantitative estimate of drug-likeness (QED) is 0.578. The van der Waals surface area contributed by atoms with Crippen LogP contribution < -0.4 is 10.6 Å². The molecule has 0 spiro atoms. The third-order valence-corrected chi connectivity index (χ3v) is 5.97. The maximum Gasteiger partial charge on any atom is 0.325 e. The summed E-state index contributed by atoms with van der Waals surface area (Å²) in [5.74, 6) is -0.802. The molecular formula is C23H21N3O3S. The highest BCUT2D eigenvalue weighted by Gasteiger charge is 2.52. The molecule has 2 N–H and O–H groups in total. The lowest BCUT2D eigenvalue weighted by atomic mass is 9.83. The Morgan fingerprint density at radius 1 is 0.967 bits per heavy atom. The minimum Gasteiger partial charge on any atom is -0.350 e. The molecule has 1 unspecified atom stereocenters. The Morgan fingerprint density at radius 3 is 2.33 bits per heavy atom. The minimum absolute atomic E-state index is 0.301. The van der Waals surface area contributed by atoms with Crippen molar-refractivity contribution in [2.75, 3.05) is 6.54 Å². The normalized spacial score (nSPS) is 18.3.